The molecule has 2 rings (SSSR count). The number of hydrogen-bond acceptors (Lipinski definition) is 2. The van der Waals surface area contributed by atoms with Crippen LogP contribution in [0.3, 0.4) is 0 Å². The molecular formula is C13H16O2. The second-order valence-electron chi connectivity index (χ2n) is 5.09. The van der Waals surface area contributed by atoms with Crippen molar-refractivity contribution in [3.8, 4) is 0 Å². The van der Waals surface area contributed by atoms with Gasteiger partial charge in [0, 0.05) is 5.56 Å². The second-order valence-corrected chi connectivity index (χ2v) is 5.09. The van der Waals surface area contributed by atoms with E-state index in [0.717, 1.165) is 11.1 Å². The van der Waals surface area contributed by atoms with Crippen LogP contribution >= 0.6 is 0 Å². The fraction of sp³-hybridized carbons (Fsp3) is 0.462. The Hall–Kier alpha value is -1.31. The van der Waals surface area contributed by atoms with Gasteiger partial charge in [-0.1, -0.05) is 26.8 Å². The molecule has 15 heavy (non-hydrogen) atoms. The fourth-order valence-electron chi connectivity index (χ4n) is 2.16. The SMILES string of the molecule is Cc1c(C(C)(C)C)ccc2c1COC2=O. The highest BCUT2D eigenvalue weighted by molar-refractivity contribution is 5.94. The van der Waals surface area contributed by atoms with Gasteiger partial charge in [-0.3, -0.25) is 0 Å². The van der Waals surface area contributed by atoms with E-state index in [2.05, 4.69) is 27.7 Å². The van der Waals surface area contributed by atoms with Crippen molar-refractivity contribution in [3.63, 3.8) is 0 Å². The maximum Gasteiger partial charge on any atom is 0.338 e. The Kier molecular flexibility index (Phi) is 2.10. The van der Waals surface area contributed by atoms with Crippen molar-refractivity contribution in [2.75, 3.05) is 0 Å². The van der Waals surface area contributed by atoms with Crippen LogP contribution in [0.1, 0.15) is 47.8 Å². The Morgan fingerprint density at radius 1 is 1.27 bits per heavy atom. The number of carbonyl (C=O) groups excluding carboxylic acids is 1. The predicted molar refractivity (Wildman–Crippen MR) is 59.0 cm³/mol. The summed E-state index contributed by atoms with van der Waals surface area (Å²) in [6.07, 6.45) is 0. The van der Waals surface area contributed by atoms with Gasteiger partial charge < -0.3 is 4.74 Å². The molecule has 0 N–H and O–H groups in total. The van der Waals surface area contributed by atoms with Gasteiger partial charge in [0.05, 0.1) is 5.56 Å². The second kappa shape index (κ2) is 3.09. The van der Waals surface area contributed by atoms with Gasteiger partial charge in [-0.15, -0.1) is 0 Å². The molecule has 1 aliphatic rings. The lowest BCUT2D eigenvalue weighted by molar-refractivity contribution is 0.0535. The molecule has 1 aromatic rings. The molecule has 0 saturated carbocycles. The summed E-state index contributed by atoms with van der Waals surface area (Å²) < 4.78 is 5.03. The summed E-state index contributed by atoms with van der Waals surface area (Å²) in [5.41, 5.74) is 4.41. The number of carbonyl (C=O) groups is 1. The Balaban J connectivity index is 2.61. The minimum Gasteiger partial charge on any atom is -0.457 e. The molecule has 0 saturated heterocycles. The lowest BCUT2D eigenvalue weighted by Crippen LogP contribution is -2.14. The van der Waals surface area contributed by atoms with Crippen molar-refractivity contribution < 1.29 is 9.53 Å². The van der Waals surface area contributed by atoms with E-state index in [0.29, 0.717) is 6.61 Å². The van der Waals surface area contributed by atoms with Crippen molar-refractivity contribution in [1.29, 1.82) is 0 Å². The molecule has 0 aliphatic carbocycles. The molecule has 0 aromatic heterocycles. The van der Waals surface area contributed by atoms with Gasteiger partial charge in [-0.05, 0) is 29.5 Å². The van der Waals surface area contributed by atoms with Crippen molar-refractivity contribution in [1.82, 2.24) is 0 Å². The average Bonchev–Trinajstić information content (AvgIpc) is 2.47. The number of rotatable bonds is 0. The molecule has 80 valence electrons. The highest BCUT2D eigenvalue weighted by Gasteiger charge is 2.26. The van der Waals surface area contributed by atoms with E-state index in [1.165, 1.54) is 11.1 Å². The number of hydrogen-bond donors (Lipinski definition) is 0. The van der Waals surface area contributed by atoms with E-state index in [-0.39, 0.29) is 11.4 Å². The lowest BCUT2D eigenvalue weighted by Gasteiger charge is -2.22. The molecule has 0 radical (unpaired) electrons. The molecular weight excluding hydrogens is 188 g/mol. The van der Waals surface area contributed by atoms with E-state index in [9.17, 15) is 4.79 Å². The predicted octanol–water partition coefficient (Wildman–Crippen LogP) is 2.96. The van der Waals surface area contributed by atoms with Gasteiger partial charge >= 0.3 is 5.97 Å². The van der Waals surface area contributed by atoms with Crippen molar-refractivity contribution in [3.05, 3.63) is 34.4 Å². The largest absolute Gasteiger partial charge is 0.457 e. The smallest absolute Gasteiger partial charge is 0.338 e. The Bertz CT molecular complexity index is 425. The summed E-state index contributed by atoms with van der Waals surface area (Å²) in [4.78, 5) is 11.4. The molecule has 0 unspecified atom stereocenters. The molecule has 0 atom stereocenters. The van der Waals surface area contributed by atoms with Crippen LogP contribution in [0.2, 0.25) is 0 Å². The zero-order valence-corrected chi connectivity index (χ0v) is 9.68. The lowest BCUT2D eigenvalue weighted by atomic mass is 9.82. The van der Waals surface area contributed by atoms with Crippen LogP contribution < -0.4 is 0 Å². The van der Waals surface area contributed by atoms with E-state index >= 15 is 0 Å². The van der Waals surface area contributed by atoms with Gasteiger partial charge in [-0.2, -0.15) is 0 Å². The summed E-state index contributed by atoms with van der Waals surface area (Å²) in [5, 5.41) is 0. The minimum absolute atomic E-state index is 0.116. The molecule has 2 nitrogen and oxygen atoms in total. The molecule has 1 aromatic carbocycles. The molecule has 0 amide bonds. The Morgan fingerprint density at radius 2 is 1.93 bits per heavy atom. The summed E-state index contributed by atoms with van der Waals surface area (Å²) in [6, 6.07) is 3.93. The Morgan fingerprint density at radius 3 is 2.53 bits per heavy atom. The van der Waals surface area contributed by atoms with Gasteiger partial charge in [0.25, 0.3) is 0 Å². The van der Waals surface area contributed by atoms with E-state index in [1.807, 2.05) is 12.1 Å². The first kappa shape index (κ1) is 10.2. The third-order valence-electron chi connectivity index (χ3n) is 2.97. The van der Waals surface area contributed by atoms with Gasteiger partial charge in [0.15, 0.2) is 0 Å². The first-order valence-corrected chi connectivity index (χ1v) is 5.21. The van der Waals surface area contributed by atoms with Gasteiger partial charge in [0.2, 0.25) is 0 Å². The topological polar surface area (TPSA) is 26.3 Å². The van der Waals surface area contributed by atoms with Crippen molar-refractivity contribution in [2.45, 2.75) is 39.7 Å². The summed E-state index contributed by atoms with van der Waals surface area (Å²) in [5.74, 6) is -0.187. The average molecular weight is 204 g/mol. The van der Waals surface area contributed by atoms with E-state index < -0.39 is 0 Å². The minimum atomic E-state index is -0.187. The van der Waals surface area contributed by atoms with Crippen molar-refractivity contribution in [2.24, 2.45) is 0 Å². The van der Waals surface area contributed by atoms with Crippen LogP contribution in [0.15, 0.2) is 12.1 Å². The van der Waals surface area contributed by atoms with Gasteiger partial charge in [-0.25, -0.2) is 4.79 Å². The normalized spacial score (nSPS) is 15.1. The number of benzene rings is 1. The first-order valence-electron chi connectivity index (χ1n) is 5.21. The standard InChI is InChI=1S/C13H16O2/c1-8-10-7-15-12(14)9(10)5-6-11(8)13(2,3)4/h5-6H,7H2,1-4H3. The molecule has 1 aliphatic heterocycles. The monoisotopic (exact) mass is 204 g/mol. The summed E-state index contributed by atoms with van der Waals surface area (Å²) in [7, 11) is 0. The summed E-state index contributed by atoms with van der Waals surface area (Å²) >= 11 is 0. The number of fused-ring (bicyclic) bond motifs is 1. The van der Waals surface area contributed by atoms with Crippen LogP contribution in [-0.2, 0) is 16.8 Å². The van der Waals surface area contributed by atoms with Crippen LogP contribution in [0.4, 0.5) is 0 Å². The fourth-order valence-corrected chi connectivity index (χ4v) is 2.16. The van der Waals surface area contributed by atoms with Crippen LogP contribution in [0.5, 0.6) is 0 Å². The number of cyclic esters (lactones) is 1. The van der Waals surface area contributed by atoms with Gasteiger partial charge in [0.1, 0.15) is 6.61 Å². The molecule has 0 bridgehead atoms. The molecule has 1 heterocycles. The van der Waals surface area contributed by atoms with E-state index in [4.69, 9.17) is 4.74 Å². The number of ether oxygens (including phenoxy) is 1. The third kappa shape index (κ3) is 1.54. The van der Waals surface area contributed by atoms with Crippen LogP contribution in [-0.4, -0.2) is 5.97 Å². The first-order chi connectivity index (χ1) is 6.91. The zero-order chi connectivity index (χ0) is 11.2. The number of esters is 1. The van der Waals surface area contributed by atoms with E-state index in [1.54, 1.807) is 0 Å². The maximum absolute atomic E-state index is 11.4. The van der Waals surface area contributed by atoms with Crippen LogP contribution in [0.25, 0.3) is 0 Å². The zero-order valence-electron chi connectivity index (χ0n) is 9.68. The third-order valence-corrected chi connectivity index (χ3v) is 2.97. The maximum atomic E-state index is 11.4. The summed E-state index contributed by atoms with van der Waals surface area (Å²) in [6.45, 7) is 9.05. The Labute approximate surface area is 90.3 Å². The quantitative estimate of drug-likeness (QED) is 0.607. The molecule has 0 fully saturated rings. The molecule has 0 spiro atoms. The van der Waals surface area contributed by atoms with Crippen molar-refractivity contribution >= 4 is 5.97 Å². The highest BCUT2D eigenvalue weighted by atomic mass is 16.5. The highest BCUT2D eigenvalue weighted by Crippen LogP contribution is 2.32. The molecule has 2 heteroatoms. The van der Waals surface area contributed by atoms with Crippen LogP contribution in [0, 0.1) is 6.92 Å².